The second kappa shape index (κ2) is 5.75. The fourth-order valence-corrected chi connectivity index (χ4v) is 1.58. The van der Waals surface area contributed by atoms with E-state index in [-0.39, 0.29) is 11.9 Å². The summed E-state index contributed by atoms with van der Waals surface area (Å²) in [7, 11) is 0. The van der Waals surface area contributed by atoms with Crippen LogP contribution in [0.4, 0.5) is 13.2 Å². The second-order valence-corrected chi connectivity index (χ2v) is 4.12. The van der Waals surface area contributed by atoms with Crippen molar-refractivity contribution in [1.29, 1.82) is 0 Å². The second-order valence-electron chi connectivity index (χ2n) is 4.12. The lowest BCUT2D eigenvalue weighted by Crippen LogP contribution is -2.23. The van der Waals surface area contributed by atoms with Crippen molar-refractivity contribution in [3.8, 4) is 0 Å². The molecule has 1 aromatic rings. The van der Waals surface area contributed by atoms with Gasteiger partial charge in [0, 0.05) is 6.54 Å². The highest BCUT2D eigenvalue weighted by molar-refractivity contribution is 5.75. The number of nitrogens with zero attached hydrogens (tertiary/aromatic N) is 1. The molecule has 100 valence electrons. The minimum Gasteiger partial charge on any atom is -0.370 e. The van der Waals surface area contributed by atoms with Crippen LogP contribution >= 0.6 is 0 Å². The van der Waals surface area contributed by atoms with Crippen molar-refractivity contribution in [3.63, 3.8) is 0 Å². The first-order valence-electron chi connectivity index (χ1n) is 5.53. The molecule has 3 nitrogen and oxygen atoms in total. The molecular weight excluding hydrogens is 243 g/mol. The van der Waals surface area contributed by atoms with E-state index in [0.717, 1.165) is 6.07 Å². The molecule has 18 heavy (non-hydrogen) atoms. The minimum absolute atomic E-state index is 0.00811. The molecule has 1 rings (SSSR count). The Labute approximate surface area is 104 Å². The third-order valence-electron chi connectivity index (χ3n) is 2.64. The number of aliphatic imine (C=N–C) groups is 1. The summed E-state index contributed by atoms with van der Waals surface area (Å²) in [6.45, 7) is 2.25. The van der Waals surface area contributed by atoms with Gasteiger partial charge >= 0.3 is 6.18 Å². The van der Waals surface area contributed by atoms with Gasteiger partial charge in [-0.25, -0.2) is 0 Å². The standard InChI is InChI=1S/C12H16F3N3/c1-8(5-6-18-11(16)17)9-3-2-4-10(7-9)12(13,14)15/h2-4,7-8H,5-6H2,1H3,(H4,16,17,18). The summed E-state index contributed by atoms with van der Waals surface area (Å²) in [4.78, 5) is 3.81. The molecule has 0 saturated heterocycles. The van der Waals surface area contributed by atoms with Gasteiger partial charge in [0.2, 0.25) is 0 Å². The Morgan fingerprint density at radius 1 is 1.33 bits per heavy atom. The van der Waals surface area contributed by atoms with Crippen LogP contribution in [-0.4, -0.2) is 12.5 Å². The molecule has 1 atom stereocenters. The molecule has 0 aliphatic rings. The normalized spacial score (nSPS) is 13.1. The van der Waals surface area contributed by atoms with Gasteiger partial charge in [0.25, 0.3) is 0 Å². The van der Waals surface area contributed by atoms with Gasteiger partial charge in [0.1, 0.15) is 0 Å². The first-order chi connectivity index (χ1) is 8.30. The fraction of sp³-hybridized carbons (Fsp3) is 0.417. The van der Waals surface area contributed by atoms with Crippen molar-refractivity contribution in [2.45, 2.75) is 25.4 Å². The van der Waals surface area contributed by atoms with E-state index in [2.05, 4.69) is 4.99 Å². The van der Waals surface area contributed by atoms with Gasteiger partial charge in [-0.3, -0.25) is 4.99 Å². The summed E-state index contributed by atoms with van der Waals surface area (Å²) in [6.07, 6.45) is -3.71. The molecule has 0 bridgehead atoms. The van der Waals surface area contributed by atoms with Gasteiger partial charge in [-0.05, 0) is 24.0 Å². The molecule has 0 spiro atoms. The summed E-state index contributed by atoms with van der Waals surface area (Å²) in [6, 6.07) is 5.32. The Bertz CT molecular complexity index is 423. The van der Waals surface area contributed by atoms with Crippen LogP contribution in [0.2, 0.25) is 0 Å². The van der Waals surface area contributed by atoms with Gasteiger partial charge in [-0.1, -0.05) is 25.1 Å². The predicted octanol–water partition coefficient (Wildman–Crippen LogP) is 2.47. The van der Waals surface area contributed by atoms with Gasteiger partial charge < -0.3 is 11.5 Å². The molecule has 0 saturated carbocycles. The first-order valence-corrected chi connectivity index (χ1v) is 5.53. The Morgan fingerprint density at radius 3 is 2.56 bits per heavy atom. The molecule has 0 heterocycles. The quantitative estimate of drug-likeness (QED) is 0.644. The highest BCUT2D eigenvalue weighted by Gasteiger charge is 2.30. The molecule has 0 amide bonds. The van der Waals surface area contributed by atoms with E-state index in [1.807, 2.05) is 6.92 Å². The van der Waals surface area contributed by atoms with Crippen LogP contribution in [0.15, 0.2) is 29.3 Å². The molecule has 1 unspecified atom stereocenters. The molecule has 1 aromatic carbocycles. The SMILES string of the molecule is CC(CCN=C(N)N)c1cccc(C(F)(F)F)c1. The highest BCUT2D eigenvalue weighted by Crippen LogP contribution is 2.31. The molecule has 0 aliphatic heterocycles. The number of rotatable bonds is 4. The number of hydrogen-bond acceptors (Lipinski definition) is 1. The Morgan fingerprint density at radius 2 is 2.00 bits per heavy atom. The van der Waals surface area contributed by atoms with Crippen molar-refractivity contribution in [2.75, 3.05) is 6.54 Å². The van der Waals surface area contributed by atoms with Gasteiger partial charge in [0.05, 0.1) is 5.56 Å². The number of benzene rings is 1. The monoisotopic (exact) mass is 259 g/mol. The largest absolute Gasteiger partial charge is 0.416 e. The van der Waals surface area contributed by atoms with Crippen LogP contribution in [0.5, 0.6) is 0 Å². The van der Waals surface area contributed by atoms with E-state index < -0.39 is 11.7 Å². The zero-order valence-electron chi connectivity index (χ0n) is 10.0. The number of hydrogen-bond donors (Lipinski definition) is 2. The van der Waals surface area contributed by atoms with Crippen molar-refractivity contribution < 1.29 is 13.2 Å². The van der Waals surface area contributed by atoms with E-state index in [9.17, 15) is 13.2 Å². The van der Waals surface area contributed by atoms with E-state index in [1.54, 1.807) is 6.07 Å². The number of nitrogens with two attached hydrogens (primary N) is 2. The Hall–Kier alpha value is -1.72. The lowest BCUT2D eigenvalue weighted by Gasteiger charge is -2.13. The van der Waals surface area contributed by atoms with E-state index in [4.69, 9.17) is 11.5 Å². The average Bonchev–Trinajstić information content (AvgIpc) is 2.27. The topological polar surface area (TPSA) is 64.4 Å². The van der Waals surface area contributed by atoms with E-state index in [1.165, 1.54) is 12.1 Å². The van der Waals surface area contributed by atoms with Crippen molar-refractivity contribution >= 4 is 5.96 Å². The average molecular weight is 259 g/mol. The number of guanidine groups is 1. The maximum absolute atomic E-state index is 12.5. The van der Waals surface area contributed by atoms with Crippen molar-refractivity contribution in [3.05, 3.63) is 35.4 Å². The van der Waals surface area contributed by atoms with Crippen LogP contribution < -0.4 is 11.5 Å². The summed E-state index contributed by atoms with van der Waals surface area (Å²) < 4.78 is 37.6. The van der Waals surface area contributed by atoms with Crippen LogP contribution in [0.1, 0.15) is 30.4 Å². The van der Waals surface area contributed by atoms with Gasteiger partial charge in [-0.15, -0.1) is 0 Å². The molecule has 6 heteroatoms. The maximum Gasteiger partial charge on any atom is 0.416 e. The zero-order valence-corrected chi connectivity index (χ0v) is 10.0. The molecule has 0 fully saturated rings. The summed E-state index contributed by atoms with van der Waals surface area (Å²) in [5.74, 6) is -0.0401. The lowest BCUT2D eigenvalue weighted by atomic mass is 9.96. The van der Waals surface area contributed by atoms with Crippen LogP contribution in [0.3, 0.4) is 0 Å². The highest BCUT2D eigenvalue weighted by atomic mass is 19.4. The van der Waals surface area contributed by atoms with Crippen LogP contribution in [0, 0.1) is 0 Å². The van der Waals surface area contributed by atoms with Gasteiger partial charge in [-0.2, -0.15) is 13.2 Å². The smallest absolute Gasteiger partial charge is 0.370 e. The Kier molecular flexibility index (Phi) is 4.58. The van der Waals surface area contributed by atoms with Gasteiger partial charge in [0.15, 0.2) is 5.96 Å². The third-order valence-corrected chi connectivity index (χ3v) is 2.64. The fourth-order valence-electron chi connectivity index (χ4n) is 1.58. The Balaban J connectivity index is 2.74. The third kappa shape index (κ3) is 4.27. The molecule has 0 aliphatic carbocycles. The summed E-state index contributed by atoms with van der Waals surface area (Å²) in [5, 5.41) is 0. The van der Waals surface area contributed by atoms with E-state index in [0.29, 0.717) is 18.5 Å². The van der Waals surface area contributed by atoms with Crippen LogP contribution in [0.25, 0.3) is 0 Å². The molecule has 4 N–H and O–H groups in total. The van der Waals surface area contributed by atoms with E-state index >= 15 is 0 Å². The minimum atomic E-state index is -4.31. The molecule has 0 aromatic heterocycles. The number of alkyl halides is 3. The number of halogens is 3. The maximum atomic E-state index is 12.5. The van der Waals surface area contributed by atoms with Crippen molar-refractivity contribution in [1.82, 2.24) is 0 Å². The summed E-state index contributed by atoms with van der Waals surface area (Å²) >= 11 is 0. The predicted molar refractivity (Wildman–Crippen MR) is 65.2 cm³/mol. The molecule has 0 radical (unpaired) electrons. The summed E-state index contributed by atoms with van der Waals surface area (Å²) in [5.41, 5.74) is 10.4. The van der Waals surface area contributed by atoms with Crippen LogP contribution in [-0.2, 0) is 6.18 Å². The zero-order chi connectivity index (χ0) is 13.8. The molecular formula is C12H16F3N3. The first kappa shape index (κ1) is 14.3. The van der Waals surface area contributed by atoms with Crippen molar-refractivity contribution in [2.24, 2.45) is 16.5 Å². The lowest BCUT2D eigenvalue weighted by molar-refractivity contribution is -0.137.